The molecule has 3 unspecified atom stereocenters. The maximum atomic E-state index is 13.9. The Morgan fingerprint density at radius 2 is 1.81 bits per heavy atom. The van der Waals surface area contributed by atoms with Crippen molar-refractivity contribution < 1.29 is 22.3 Å². The lowest BCUT2D eigenvalue weighted by molar-refractivity contribution is 0.129. The van der Waals surface area contributed by atoms with Crippen LogP contribution in [0.15, 0.2) is 17.0 Å². The van der Waals surface area contributed by atoms with Gasteiger partial charge in [0.25, 0.3) is 0 Å². The van der Waals surface area contributed by atoms with Crippen LogP contribution in [0.1, 0.15) is 12.8 Å². The monoisotopic (exact) mass is 318 g/mol. The van der Waals surface area contributed by atoms with E-state index in [9.17, 15) is 22.3 Å². The maximum absolute atomic E-state index is 13.9. The first-order valence-corrected chi connectivity index (χ1v) is 8.17. The zero-order valence-corrected chi connectivity index (χ0v) is 12.0. The van der Waals surface area contributed by atoms with E-state index < -0.39 is 32.7 Å². The molecule has 1 aliphatic heterocycles. The number of halogens is 2. The van der Waals surface area contributed by atoms with Crippen molar-refractivity contribution in [1.29, 1.82) is 0 Å². The molecule has 0 spiro atoms. The van der Waals surface area contributed by atoms with Gasteiger partial charge in [0.05, 0.1) is 6.10 Å². The second kappa shape index (κ2) is 4.89. The summed E-state index contributed by atoms with van der Waals surface area (Å²) in [5.41, 5.74) is 5.13. The van der Waals surface area contributed by atoms with E-state index in [0.29, 0.717) is 6.42 Å². The predicted molar refractivity (Wildman–Crippen MR) is 71.8 cm³/mol. The molecule has 0 radical (unpaired) electrons. The minimum Gasteiger partial charge on any atom is -0.399 e. The van der Waals surface area contributed by atoms with Crippen molar-refractivity contribution in [2.75, 3.05) is 18.8 Å². The summed E-state index contributed by atoms with van der Waals surface area (Å²) in [4.78, 5) is -0.967. The van der Waals surface area contributed by atoms with E-state index >= 15 is 0 Å². The van der Waals surface area contributed by atoms with Crippen molar-refractivity contribution in [2.24, 2.45) is 11.8 Å². The SMILES string of the molecule is Nc1cc(F)c(S(=O)(=O)N2CC3CCC(O)C3C2)c(F)c1. The second-order valence-electron chi connectivity index (χ2n) is 5.70. The van der Waals surface area contributed by atoms with Crippen molar-refractivity contribution in [3.8, 4) is 0 Å². The summed E-state index contributed by atoms with van der Waals surface area (Å²) in [6, 6.07) is 1.59. The number of fused-ring (bicyclic) bond motifs is 1. The van der Waals surface area contributed by atoms with Gasteiger partial charge in [-0.25, -0.2) is 17.2 Å². The van der Waals surface area contributed by atoms with Crippen molar-refractivity contribution in [3.05, 3.63) is 23.8 Å². The molecule has 2 aliphatic rings. The highest BCUT2D eigenvalue weighted by Gasteiger charge is 2.46. The maximum Gasteiger partial charge on any atom is 0.248 e. The predicted octanol–water partition coefficient (Wildman–Crippen LogP) is 0.938. The number of nitrogens with two attached hydrogens (primary N) is 1. The Bertz CT molecular complexity index is 657. The van der Waals surface area contributed by atoms with Gasteiger partial charge in [0.1, 0.15) is 11.6 Å². The van der Waals surface area contributed by atoms with E-state index in [1.807, 2.05) is 0 Å². The number of rotatable bonds is 2. The Balaban J connectivity index is 1.96. The number of aliphatic hydroxyl groups is 1. The third kappa shape index (κ3) is 2.31. The van der Waals surface area contributed by atoms with E-state index in [1.165, 1.54) is 0 Å². The first-order valence-electron chi connectivity index (χ1n) is 6.73. The highest BCUT2D eigenvalue weighted by molar-refractivity contribution is 7.89. The summed E-state index contributed by atoms with van der Waals surface area (Å²) in [6.07, 6.45) is 0.828. The van der Waals surface area contributed by atoms with Crippen molar-refractivity contribution >= 4 is 15.7 Å². The van der Waals surface area contributed by atoms with Crippen LogP contribution in [0.3, 0.4) is 0 Å². The molecule has 1 saturated carbocycles. The minimum atomic E-state index is -4.27. The average Bonchev–Trinajstić information content (AvgIpc) is 2.90. The van der Waals surface area contributed by atoms with Crippen LogP contribution >= 0.6 is 0 Å². The lowest BCUT2D eigenvalue weighted by Gasteiger charge is -2.19. The van der Waals surface area contributed by atoms with E-state index in [-0.39, 0.29) is 30.6 Å². The quantitative estimate of drug-likeness (QED) is 0.795. The first kappa shape index (κ1) is 14.7. The van der Waals surface area contributed by atoms with Crippen LogP contribution in [0.2, 0.25) is 0 Å². The number of hydrogen-bond acceptors (Lipinski definition) is 4. The molecule has 5 nitrogen and oxygen atoms in total. The smallest absolute Gasteiger partial charge is 0.248 e. The van der Waals surface area contributed by atoms with Crippen molar-refractivity contribution in [1.82, 2.24) is 4.31 Å². The summed E-state index contributed by atoms with van der Waals surface area (Å²) in [6.45, 7) is 0.282. The van der Waals surface area contributed by atoms with Crippen molar-refractivity contribution in [2.45, 2.75) is 23.8 Å². The lowest BCUT2D eigenvalue weighted by atomic mass is 10.00. The van der Waals surface area contributed by atoms with Crippen LogP contribution < -0.4 is 5.73 Å². The van der Waals surface area contributed by atoms with Gasteiger partial charge in [0.15, 0.2) is 4.90 Å². The fourth-order valence-corrected chi connectivity index (χ4v) is 4.97. The van der Waals surface area contributed by atoms with Crippen LogP contribution in [-0.4, -0.2) is 37.0 Å². The molecule has 3 rings (SSSR count). The number of nitrogens with zero attached hydrogens (tertiary/aromatic N) is 1. The molecule has 3 atom stereocenters. The molecule has 2 fully saturated rings. The van der Waals surface area contributed by atoms with E-state index in [1.54, 1.807) is 0 Å². The number of nitrogen functional groups attached to an aromatic ring is 1. The average molecular weight is 318 g/mol. The van der Waals surface area contributed by atoms with Gasteiger partial charge in [-0.05, 0) is 30.9 Å². The Morgan fingerprint density at radius 1 is 1.19 bits per heavy atom. The van der Waals surface area contributed by atoms with E-state index in [4.69, 9.17) is 5.73 Å². The van der Waals surface area contributed by atoms with Gasteiger partial charge >= 0.3 is 0 Å². The molecule has 1 aliphatic carbocycles. The molecule has 3 N–H and O–H groups in total. The summed E-state index contributed by atoms with van der Waals surface area (Å²) < 4.78 is 53.7. The Labute approximate surface area is 121 Å². The molecule has 116 valence electrons. The highest BCUT2D eigenvalue weighted by atomic mass is 32.2. The van der Waals surface area contributed by atoms with E-state index in [0.717, 1.165) is 22.9 Å². The molecule has 8 heteroatoms. The number of hydrogen-bond donors (Lipinski definition) is 2. The van der Waals surface area contributed by atoms with Crippen LogP contribution in [-0.2, 0) is 10.0 Å². The fourth-order valence-electron chi connectivity index (χ4n) is 3.35. The number of benzene rings is 1. The van der Waals surface area contributed by atoms with Gasteiger partial charge in [-0.1, -0.05) is 0 Å². The zero-order chi connectivity index (χ0) is 15.4. The molecule has 1 saturated heterocycles. The summed E-state index contributed by atoms with van der Waals surface area (Å²) >= 11 is 0. The Kier molecular flexibility index (Phi) is 3.42. The molecule has 1 heterocycles. The molecule has 1 aromatic rings. The fraction of sp³-hybridized carbons (Fsp3) is 0.538. The van der Waals surface area contributed by atoms with Gasteiger partial charge in [-0.2, -0.15) is 4.31 Å². The molecular weight excluding hydrogens is 302 g/mol. The topological polar surface area (TPSA) is 83.6 Å². The highest BCUT2D eigenvalue weighted by Crippen LogP contribution is 2.40. The third-order valence-corrected chi connectivity index (χ3v) is 6.29. The third-order valence-electron chi connectivity index (χ3n) is 4.40. The van der Waals surface area contributed by atoms with Gasteiger partial charge < -0.3 is 10.8 Å². The van der Waals surface area contributed by atoms with Gasteiger partial charge in [0, 0.05) is 24.7 Å². The van der Waals surface area contributed by atoms with Crippen LogP contribution in [0.25, 0.3) is 0 Å². The molecule has 21 heavy (non-hydrogen) atoms. The Hall–Kier alpha value is -1.25. The summed E-state index contributed by atoms with van der Waals surface area (Å²) in [5.74, 6) is -2.48. The zero-order valence-electron chi connectivity index (χ0n) is 11.2. The molecule has 0 bridgehead atoms. The lowest BCUT2D eigenvalue weighted by Crippen LogP contribution is -2.32. The van der Waals surface area contributed by atoms with Crippen LogP contribution in [0.5, 0.6) is 0 Å². The van der Waals surface area contributed by atoms with Crippen LogP contribution in [0.4, 0.5) is 14.5 Å². The summed E-state index contributed by atoms with van der Waals surface area (Å²) in [5, 5.41) is 9.81. The second-order valence-corrected chi connectivity index (χ2v) is 7.58. The summed E-state index contributed by atoms with van der Waals surface area (Å²) in [7, 11) is -4.27. The molecule has 1 aromatic carbocycles. The van der Waals surface area contributed by atoms with Crippen LogP contribution in [0, 0.1) is 23.5 Å². The number of anilines is 1. The molecular formula is C13H16F2N2O3S. The van der Waals surface area contributed by atoms with Gasteiger partial charge in [0.2, 0.25) is 10.0 Å². The normalized spacial score (nSPS) is 29.8. The van der Waals surface area contributed by atoms with Gasteiger partial charge in [-0.15, -0.1) is 0 Å². The first-order chi connectivity index (χ1) is 9.80. The van der Waals surface area contributed by atoms with Gasteiger partial charge in [-0.3, -0.25) is 0 Å². The minimum absolute atomic E-state index is 0.0506. The Morgan fingerprint density at radius 3 is 2.38 bits per heavy atom. The number of sulfonamides is 1. The molecule has 0 aromatic heterocycles. The van der Waals surface area contributed by atoms with E-state index in [2.05, 4.69) is 0 Å². The van der Waals surface area contributed by atoms with Crippen molar-refractivity contribution in [3.63, 3.8) is 0 Å². The molecule has 0 amide bonds. The number of aliphatic hydroxyl groups excluding tert-OH is 1. The standard InChI is InChI=1S/C13H16F2N2O3S/c14-10-3-8(16)4-11(15)13(10)21(19,20)17-5-7-1-2-12(18)9(7)6-17/h3-4,7,9,12,18H,1-2,5-6,16H2. The largest absolute Gasteiger partial charge is 0.399 e.